The first kappa shape index (κ1) is 21.3. The summed E-state index contributed by atoms with van der Waals surface area (Å²) in [6, 6.07) is 5.71. The number of alkyl carbamates (subject to hydrolysis) is 1. The molecule has 0 aliphatic rings. The minimum absolute atomic E-state index is 0.0149. The number of nitrogens with one attached hydrogen (secondary N) is 2. The predicted octanol–water partition coefficient (Wildman–Crippen LogP) is 2.32. The fourth-order valence-electron chi connectivity index (χ4n) is 2.56. The molecule has 1 aromatic heterocycles. The fourth-order valence-corrected chi connectivity index (χ4v) is 2.56. The van der Waals surface area contributed by atoms with Gasteiger partial charge in [-0.15, -0.1) is 0 Å². The van der Waals surface area contributed by atoms with Crippen molar-refractivity contribution in [1.82, 2.24) is 10.6 Å². The predicted molar refractivity (Wildman–Crippen MR) is 104 cm³/mol. The minimum atomic E-state index is -0.573. The van der Waals surface area contributed by atoms with Crippen LogP contribution in [-0.2, 0) is 16.0 Å². The molecule has 3 N–H and O–H groups in total. The fraction of sp³-hybridized carbons (Fsp3) is 0.450. The van der Waals surface area contributed by atoms with Gasteiger partial charge in [-0.2, -0.15) is 0 Å². The van der Waals surface area contributed by atoms with Gasteiger partial charge in [-0.1, -0.05) is 13.8 Å². The smallest absolute Gasteiger partial charge is 0.407 e. The van der Waals surface area contributed by atoms with Gasteiger partial charge in [-0.3, -0.25) is 4.79 Å². The Hall–Kier alpha value is -3.03. The van der Waals surface area contributed by atoms with Crippen LogP contribution in [0.5, 0.6) is 5.75 Å². The van der Waals surface area contributed by atoms with Gasteiger partial charge in [0.15, 0.2) is 0 Å². The Labute approximate surface area is 162 Å². The first-order chi connectivity index (χ1) is 13.3. The van der Waals surface area contributed by atoms with Crippen molar-refractivity contribution in [2.45, 2.75) is 33.1 Å². The van der Waals surface area contributed by atoms with Crippen molar-refractivity contribution < 1.29 is 23.8 Å². The molecule has 0 atom stereocenters. The quantitative estimate of drug-likeness (QED) is 0.447. The summed E-state index contributed by atoms with van der Waals surface area (Å²) in [5.74, 6) is 0.0583. The second-order valence-electron chi connectivity index (χ2n) is 6.92. The van der Waals surface area contributed by atoms with Crippen LogP contribution in [-0.4, -0.2) is 36.8 Å². The van der Waals surface area contributed by atoms with Crippen LogP contribution in [0, 0.1) is 5.92 Å². The molecule has 8 heteroatoms. The summed E-state index contributed by atoms with van der Waals surface area (Å²) in [7, 11) is 0. The summed E-state index contributed by atoms with van der Waals surface area (Å²) in [6.45, 7) is 5.24. The number of hydrogen-bond acceptors (Lipinski definition) is 6. The number of aromatic hydroxyl groups is 1. The third kappa shape index (κ3) is 6.94. The summed E-state index contributed by atoms with van der Waals surface area (Å²) >= 11 is 0. The third-order valence-corrected chi connectivity index (χ3v) is 3.91. The highest BCUT2D eigenvalue weighted by Crippen LogP contribution is 2.22. The van der Waals surface area contributed by atoms with Gasteiger partial charge >= 0.3 is 11.7 Å². The summed E-state index contributed by atoms with van der Waals surface area (Å²) < 4.78 is 10.0. The van der Waals surface area contributed by atoms with Gasteiger partial charge in [-0.25, -0.2) is 9.59 Å². The maximum Gasteiger partial charge on any atom is 0.407 e. The van der Waals surface area contributed by atoms with Crippen LogP contribution in [0.15, 0.2) is 33.5 Å². The lowest BCUT2D eigenvalue weighted by molar-refractivity contribution is -0.120. The van der Waals surface area contributed by atoms with E-state index in [1.54, 1.807) is 6.07 Å². The van der Waals surface area contributed by atoms with Crippen molar-refractivity contribution in [2.24, 2.45) is 5.92 Å². The van der Waals surface area contributed by atoms with Gasteiger partial charge in [0.25, 0.3) is 0 Å². The monoisotopic (exact) mass is 390 g/mol. The molecule has 0 aliphatic carbocycles. The van der Waals surface area contributed by atoms with Crippen molar-refractivity contribution in [1.29, 1.82) is 0 Å². The molecule has 1 aromatic carbocycles. The average Bonchev–Trinajstić information content (AvgIpc) is 2.62. The highest BCUT2D eigenvalue weighted by molar-refractivity contribution is 5.87. The number of rotatable bonds is 9. The van der Waals surface area contributed by atoms with Crippen molar-refractivity contribution in [3.63, 3.8) is 0 Å². The molecular formula is C20H26N2O6. The molecule has 2 rings (SSSR count). The van der Waals surface area contributed by atoms with E-state index in [1.165, 1.54) is 18.2 Å². The largest absolute Gasteiger partial charge is 0.508 e. The SMILES string of the molecule is CC(C)COC(=O)NCCCCNC(=O)Cc1cc(=O)oc2cc(O)ccc12. The number of carbonyl (C=O) groups excluding carboxylic acids is 2. The second kappa shape index (κ2) is 10.3. The normalized spacial score (nSPS) is 10.8. The number of hydrogen-bond donors (Lipinski definition) is 3. The van der Waals surface area contributed by atoms with E-state index in [0.717, 1.165) is 0 Å². The Bertz CT molecular complexity index is 875. The average molecular weight is 390 g/mol. The van der Waals surface area contributed by atoms with Gasteiger partial charge in [0, 0.05) is 30.6 Å². The summed E-state index contributed by atoms with van der Waals surface area (Å²) in [6.07, 6.45) is 1.00. The molecule has 2 amide bonds. The van der Waals surface area contributed by atoms with E-state index < -0.39 is 11.7 Å². The molecule has 0 aliphatic heterocycles. The Morgan fingerprint density at radius 1 is 1.14 bits per heavy atom. The number of amides is 2. The zero-order valence-corrected chi connectivity index (χ0v) is 16.1. The maximum atomic E-state index is 12.1. The van der Waals surface area contributed by atoms with E-state index in [2.05, 4.69) is 10.6 Å². The third-order valence-electron chi connectivity index (χ3n) is 3.91. The highest BCUT2D eigenvalue weighted by Gasteiger charge is 2.10. The van der Waals surface area contributed by atoms with Gasteiger partial charge in [0.1, 0.15) is 11.3 Å². The molecule has 0 radical (unpaired) electrons. The van der Waals surface area contributed by atoms with E-state index in [0.29, 0.717) is 49.4 Å². The standard InChI is InChI=1S/C20H26N2O6/c1-13(2)12-27-20(26)22-8-4-3-7-21-18(24)9-14-10-19(25)28-17-11-15(23)5-6-16(14)17/h5-6,10-11,13,23H,3-4,7-9,12H2,1-2H3,(H,21,24)(H,22,26). The molecule has 1 heterocycles. The van der Waals surface area contributed by atoms with Crippen LogP contribution in [0.3, 0.4) is 0 Å². The molecular weight excluding hydrogens is 364 g/mol. The Morgan fingerprint density at radius 3 is 2.57 bits per heavy atom. The molecule has 152 valence electrons. The van der Waals surface area contributed by atoms with Crippen LogP contribution >= 0.6 is 0 Å². The molecule has 0 spiro atoms. The van der Waals surface area contributed by atoms with Crippen molar-refractivity contribution in [3.8, 4) is 5.75 Å². The van der Waals surface area contributed by atoms with Crippen LogP contribution in [0.1, 0.15) is 32.3 Å². The Balaban J connectivity index is 1.73. The van der Waals surface area contributed by atoms with Gasteiger partial charge < -0.3 is 24.9 Å². The van der Waals surface area contributed by atoms with Gasteiger partial charge in [0.2, 0.25) is 5.91 Å². The van der Waals surface area contributed by atoms with E-state index in [4.69, 9.17) is 9.15 Å². The number of phenolic OH excluding ortho intramolecular Hbond substituents is 1. The van der Waals surface area contributed by atoms with Crippen molar-refractivity contribution in [3.05, 3.63) is 40.2 Å². The van der Waals surface area contributed by atoms with Crippen LogP contribution in [0.2, 0.25) is 0 Å². The van der Waals surface area contributed by atoms with Gasteiger partial charge in [0.05, 0.1) is 13.0 Å². The number of ether oxygens (including phenoxy) is 1. The molecule has 8 nitrogen and oxygen atoms in total. The number of unbranched alkanes of at least 4 members (excludes halogenated alkanes) is 1. The number of phenols is 1. The van der Waals surface area contributed by atoms with Crippen LogP contribution in [0.25, 0.3) is 11.0 Å². The van der Waals surface area contributed by atoms with Gasteiger partial charge in [-0.05, 0) is 36.5 Å². The van der Waals surface area contributed by atoms with Crippen LogP contribution < -0.4 is 16.3 Å². The van der Waals surface area contributed by atoms with E-state index in [1.807, 2.05) is 13.8 Å². The summed E-state index contributed by atoms with van der Waals surface area (Å²) in [5, 5.41) is 15.5. The lowest BCUT2D eigenvalue weighted by Gasteiger charge is -2.09. The molecule has 0 saturated carbocycles. The van der Waals surface area contributed by atoms with Crippen LogP contribution in [0.4, 0.5) is 4.79 Å². The first-order valence-electron chi connectivity index (χ1n) is 9.28. The Morgan fingerprint density at radius 2 is 1.86 bits per heavy atom. The van der Waals surface area contributed by atoms with E-state index in [-0.39, 0.29) is 23.7 Å². The lowest BCUT2D eigenvalue weighted by Crippen LogP contribution is -2.29. The number of carbonyl (C=O) groups is 2. The minimum Gasteiger partial charge on any atom is -0.508 e. The van der Waals surface area contributed by atoms with E-state index in [9.17, 15) is 19.5 Å². The molecule has 0 unspecified atom stereocenters. The summed E-state index contributed by atoms with van der Waals surface area (Å²) in [4.78, 5) is 35.2. The zero-order chi connectivity index (χ0) is 20.5. The van der Waals surface area contributed by atoms with Crippen molar-refractivity contribution >= 4 is 23.0 Å². The van der Waals surface area contributed by atoms with Crippen molar-refractivity contribution in [2.75, 3.05) is 19.7 Å². The highest BCUT2D eigenvalue weighted by atomic mass is 16.5. The molecule has 0 bridgehead atoms. The molecule has 0 fully saturated rings. The Kier molecular flexibility index (Phi) is 7.86. The topological polar surface area (TPSA) is 118 Å². The summed E-state index contributed by atoms with van der Waals surface area (Å²) in [5.41, 5.74) is 0.209. The number of fused-ring (bicyclic) bond motifs is 1. The zero-order valence-electron chi connectivity index (χ0n) is 16.1. The maximum absolute atomic E-state index is 12.1. The molecule has 2 aromatic rings. The van der Waals surface area contributed by atoms with E-state index >= 15 is 0 Å². The molecule has 0 saturated heterocycles. The lowest BCUT2D eigenvalue weighted by atomic mass is 10.1. The second-order valence-corrected chi connectivity index (χ2v) is 6.92. The molecule has 28 heavy (non-hydrogen) atoms. The first-order valence-corrected chi connectivity index (χ1v) is 9.28. The number of benzene rings is 1.